The van der Waals surface area contributed by atoms with Gasteiger partial charge in [0, 0.05) is 45.9 Å². The van der Waals surface area contributed by atoms with E-state index in [-0.39, 0.29) is 5.41 Å². The third-order valence-corrected chi connectivity index (χ3v) is 25.1. The van der Waals surface area contributed by atoms with Crippen molar-refractivity contribution in [1.29, 1.82) is 0 Å². The number of ether oxygens (including phenoxy) is 1. The molecule has 0 saturated heterocycles. The average molecular weight is 975 g/mol. The van der Waals surface area contributed by atoms with Crippen LogP contribution in [0.3, 0.4) is 0 Å². The quantitative estimate of drug-likeness (QED) is 0.149. The molecule has 5 heterocycles. The Labute approximate surface area is 429 Å². The van der Waals surface area contributed by atoms with Crippen LogP contribution in [0.25, 0.3) is 49.9 Å². The molecule has 0 atom stereocenters. The fraction of sp³-hybridized carbons (Fsp3) is 0.106. The molecule has 352 valence electrons. The molecule has 0 fully saturated rings. The lowest BCUT2D eigenvalue weighted by atomic mass is 9.88. The van der Waals surface area contributed by atoms with Gasteiger partial charge in [-0.3, -0.25) is 4.57 Å². The van der Waals surface area contributed by atoms with Gasteiger partial charge in [-0.25, -0.2) is 4.98 Å². The zero-order valence-corrected chi connectivity index (χ0v) is 43.8. The molecule has 3 aliphatic rings. The van der Waals surface area contributed by atoms with E-state index in [0.29, 0.717) is 6.67 Å². The second kappa shape index (κ2) is 16.1. The molecule has 0 amide bonds. The van der Waals surface area contributed by atoms with Crippen molar-refractivity contribution in [3.63, 3.8) is 0 Å². The van der Waals surface area contributed by atoms with E-state index < -0.39 is 16.1 Å². The van der Waals surface area contributed by atoms with E-state index in [1.165, 1.54) is 70.5 Å². The zero-order valence-electron chi connectivity index (χ0n) is 41.8. The average Bonchev–Trinajstić information content (AvgIpc) is 4.10. The van der Waals surface area contributed by atoms with Crippen LogP contribution in [0.4, 0.5) is 22.7 Å². The molecule has 0 aliphatic carbocycles. The van der Waals surface area contributed by atoms with Crippen molar-refractivity contribution in [2.45, 2.75) is 39.3 Å². The van der Waals surface area contributed by atoms with E-state index in [0.717, 1.165) is 39.9 Å². The summed E-state index contributed by atoms with van der Waals surface area (Å²) in [4.78, 5) is 10.1. The van der Waals surface area contributed by atoms with Crippen LogP contribution in [-0.4, -0.2) is 32.4 Å². The van der Waals surface area contributed by atoms with Crippen LogP contribution in [-0.2, 0) is 5.41 Å². The predicted octanol–water partition coefficient (Wildman–Crippen LogP) is 12.7. The Morgan fingerprint density at radius 1 is 0.466 bits per heavy atom. The van der Waals surface area contributed by atoms with Gasteiger partial charge >= 0.3 is 0 Å². The van der Waals surface area contributed by atoms with Gasteiger partial charge in [0.05, 0.1) is 28.1 Å². The maximum Gasteiger partial charge on any atom is 0.180 e. The summed E-state index contributed by atoms with van der Waals surface area (Å²) in [6.45, 7) is 12.5. The molecule has 0 N–H and O–H groups in total. The van der Waals surface area contributed by atoms with Gasteiger partial charge in [-0.15, -0.1) is 0 Å². The number of nitrogens with zero attached hydrogens (tertiary/aromatic N) is 4. The first-order valence-corrected chi connectivity index (χ1v) is 30.6. The number of para-hydroxylation sites is 3. The second-order valence-electron chi connectivity index (χ2n) is 21.5. The third-order valence-electron chi connectivity index (χ3n) is 16.1. The number of benzene rings is 9. The van der Waals surface area contributed by atoms with Crippen LogP contribution < -0.4 is 45.7 Å². The van der Waals surface area contributed by atoms with Crippen molar-refractivity contribution in [1.82, 2.24) is 9.55 Å². The van der Waals surface area contributed by atoms with Crippen molar-refractivity contribution in [2.24, 2.45) is 0 Å². The van der Waals surface area contributed by atoms with Gasteiger partial charge < -0.3 is 14.5 Å². The first kappa shape index (κ1) is 43.5. The summed E-state index contributed by atoms with van der Waals surface area (Å²) in [5.41, 5.74) is 12.8. The standard InChI is InChI=1S/C66H54N4OSi2/c1-66(2,3)46-37-38-67-62(39-46)70-54-31-20-36-60-63(54)64-55(70)41-49(42-61(64)73(60)58-34-16-14-32-56(58)72(4,5)57-33-15-17-35-59(57)73)71-48-26-18-25-47(40-48)68-43-69(53-30-13-12-29-52(53)68)65-50(44-21-8-6-9-22-44)27-19-28-51(65)45-23-10-7-11-24-45/h6-42H,43H2,1-5H3. The molecule has 11 aromatic rings. The highest BCUT2D eigenvalue weighted by atomic mass is 28.3. The number of fused-ring (bicyclic) bond motifs is 7. The van der Waals surface area contributed by atoms with Crippen LogP contribution >= 0.6 is 0 Å². The van der Waals surface area contributed by atoms with E-state index >= 15 is 0 Å². The Kier molecular flexibility index (Phi) is 9.63. The molecule has 9 aromatic carbocycles. The lowest BCUT2D eigenvalue weighted by molar-refractivity contribution is 0.484. The first-order valence-electron chi connectivity index (χ1n) is 25.6. The minimum Gasteiger partial charge on any atom is -0.457 e. The summed E-state index contributed by atoms with van der Waals surface area (Å²) in [6, 6.07) is 80.9. The molecule has 0 saturated carbocycles. The maximum atomic E-state index is 7.34. The van der Waals surface area contributed by atoms with Gasteiger partial charge in [-0.1, -0.05) is 202 Å². The summed E-state index contributed by atoms with van der Waals surface area (Å²) in [7, 11) is -4.95. The molecular weight excluding hydrogens is 921 g/mol. The fourth-order valence-corrected chi connectivity index (χ4v) is 24.0. The van der Waals surface area contributed by atoms with Gasteiger partial charge in [0.2, 0.25) is 0 Å². The van der Waals surface area contributed by atoms with Crippen molar-refractivity contribution in [2.75, 3.05) is 16.5 Å². The van der Waals surface area contributed by atoms with Gasteiger partial charge in [0.15, 0.2) is 8.07 Å². The van der Waals surface area contributed by atoms with Crippen molar-refractivity contribution in [3.8, 4) is 39.6 Å². The number of hydrogen-bond donors (Lipinski definition) is 0. The molecule has 14 rings (SSSR count). The van der Waals surface area contributed by atoms with Crippen molar-refractivity contribution in [3.05, 3.63) is 230 Å². The molecule has 2 aromatic heterocycles. The van der Waals surface area contributed by atoms with Crippen molar-refractivity contribution < 1.29 is 4.74 Å². The highest BCUT2D eigenvalue weighted by Crippen LogP contribution is 2.50. The maximum absolute atomic E-state index is 7.34. The molecule has 73 heavy (non-hydrogen) atoms. The number of pyridine rings is 1. The Balaban J connectivity index is 0.939. The lowest BCUT2D eigenvalue weighted by Gasteiger charge is -2.44. The minimum atomic E-state index is -2.88. The largest absolute Gasteiger partial charge is 0.457 e. The summed E-state index contributed by atoms with van der Waals surface area (Å²) in [6.07, 6.45) is 1.98. The second-order valence-corrected chi connectivity index (χ2v) is 29.5. The van der Waals surface area contributed by atoms with Gasteiger partial charge in [0.1, 0.15) is 32.1 Å². The predicted molar refractivity (Wildman–Crippen MR) is 311 cm³/mol. The molecule has 0 unspecified atom stereocenters. The SMILES string of the molecule is CC(C)(C)c1ccnc(-n2c3cccc4c3c3c(cc(Oc5cccc(N6CN(c7c(-c8ccccc8)cccc7-c7ccccc7)c7ccccc76)c5)cc32)[Si]42c3ccccc3[Si](C)(C)c3ccccc32)c1. The summed E-state index contributed by atoms with van der Waals surface area (Å²) in [5, 5.41) is 11.7. The van der Waals surface area contributed by atoms with E-state index in [2.05, 4.69) is 267 Å². The van der Waals surface area contributed by atoms with E-state index in [9.17, 15) is 0 Å². The third kappa shape index (κ3) is 6.41. The Hall–Kier alpha value is -8.24. The van der Waals surface area contributed by atoms with Crippen LogP contribution in [0.15, 0.2) is 225 Å². The highest BCUT2D eigenvalue weighted by molar-refractivity contribution is 7.29. The smallest absolute Gasteiger partial charge is 0.180 e. The normalized spacial score (nSPS) is 14.8. The lowest BCUT2D eigenvalue weighted by Crippen LogP contribution is -2.86. The molecule has 0 radical (unpaired) electrons. The van der Waals surface area contributed by atoms with Crippen molar-refractivity contribution >= 4 is 91.8 Å². The summed E-state index contributed by atoms with van der Waals surface area (Å²) >= 11 is 0. The molecule has 3 aliphatic heterocycles. The van der Waals surface area contributed by atoms with Crippen LogP contribution in [0, 0.1) is 0 Å². The van der Waals surface area contributed by atoms with Crippen LogP contribution in [0.1, 0.15) is 26.3 Å². The minimum absolute atomic E-state index is 0.0470. The van der Waals surface area contributed by atoms with Crippen LogP contribution in [0.2, 0.25) is 13.1 Å². The molecule has 7 heteroatoms. The van der Waals surface area contributed by atoms with Gasteiger partial charge in [-0.2, -0.15) is 0 Å². The zero-order chi connectivity index (χ0) is 49.2. The van der Waals surface area contributed by atoms with Gasteiger partial charge in [0.25, 0.3) is 0 Å². The summed E-state index contributed by atoms with van der Waals surface area (Å²) in [5.74, 6) is 2.54. The first-order chi connectivity index (χ1) is 35.6. The topological polar surface area (TPSA) is 33.5 Å². The number of aromatic nitrogens is 2. The molecular formula is C66H54N4OSi2. The molecule has 5 nitrogen and oxygen atoms in total. The molecule has 1 spiro atoms. The van der Waals surface area contributed by atoms with E-state index in [1.807, 2.05) is 6.20 Å². The highest BCUT2D eigenvalue weighted by Gasteiger charge is 2.56. The Bertz CT molecular complexity index is 3920. The number of hydrogen-bond acceptors (Lipinski definition) is 4. The molecule has 0 bridgehead atoms. The number of anilines is 4. The van der Waals surface area contributed by atoms with Gasteiger partial charge in [-0.05, 0) is 91.4 Å². The fourth-order valence-electron chi connectivity index (χ4n) is 12.8. The summed E-state index contributed by atoms with van der Waals surface area (Å²) < 4.78 is 9.75. The Morgan fingerprint density at radius 3 is 1.68 bits per heavy atom. The monoisotopic (exact) mass is 974 g/mol. The van der Waals surface area contributed by atoms with E-state index in [4.69, 9.17) is 9.72 Å². The number of rotatable bonds is 7. The van der Waals surface area contributed by atoms with E-state index in [1.54, 1.807) is 10.4 Å². The van der Waals surface area contributed by atoms with Crippen LogP contribution in [0.5, 0.6) is 11.5 Å². The Morgan fingerprint density at radius 2 is 1.03 bits per heavy atom.